The second kappa shape index (κ2) is 11.6. The molecule has 1 unspecified atom stereocenters. The van der Waals surface area contributed by atoms with Gasteiger partial charge in [-0.05, 0) is 48.9 Å². The third-order valence-electron chi connectivity index (χ3n) is 5.60. The molecule has 6 heteroatoms. The van der Waals surface area contributed by atoms with E-state index in [0.717, 1.165) is 43.2 Å². The van der Waals surface area contributed by atoms with Gasteiger partial charge in [0.15, 0.2) is 0 Å². The summed E-state index contributed by atoms with van der Waals surface area (Å²) >= 11 is 0. The van der Waals surface area contributed by atoms with Crippen LogP contribution >= 0.6 is 0 Å². The number of fused-ring (bicyclic) bond motifs is 1. The topological polar surface area (TPSA) is 89.3 Å². The Labute approximate surface area is 170 Å². The number of rotatable bonds is 12. The Hall–Kier alpha value is -1.40. The van der Waals surface area contributed by atoms with Gasteiger partial charge in [0.1, 0.15) is 0 Å². The van der Waals surface area contributed by atoms with Crippen molar-refractivity contribution in [1.29, 1.82) is 0 Å². The highest BCUT2D eigenvalue weighted by Crippen LogP contribution is 2.31. The number of aryl methyl sites for hydroxylation is 1. The molecular weight excluding hydrogens is 372 g/mol. The summed E-state index contributed by atoms with van der Waals surface area (Å²) in [7, 11) is -3.69. The lowest BCUT2D eigenvalue weighted by Gasteiger charge is -2.27. The Morgan fingerprint density at radius 3 is 2.36 bits per heavy atom. The zero-order chi connectivity index (χ0) is 20.4. The van der Waals surface area contributed by atoms with Gasteiger partial charge in [0.25, 0.3) is 0 Å². The van der Waals surface area contributed by atoms with E-state index in [1.807, 2.05) is 0 Å². The van der Waals surface area contributed by atoms with Crippen molar-refractivity contribution in [2.45, 2.75) is 101 Å². The second-order valence-corrected chi connectivity index (χ2v) is 9.56. The lowest BCUT2D eigenvalue weighted by atomic mass is 9.87. The molecule has 0 bridgehead atoms. The number of hydrogen-bond acceptors (Lipinski definition) is 3. The van der Waals surface area contributed by atoms with Crippen molar-refractivity contribution >= 4 is 15.9 Å². The van der Waals surface area contributed by atoms with Crippen LogP contribution in [0.15, 0.2) is 23.1 Å². The van der Waals surface area contributed by atoms with E-state index in [1.54, 1.807) is 18.2 Å². The highest BCUT2D eigenvalue weighted by molar-refractivity contribution is 7.89. The van der Waals surface area contributed by atoms with Gasteiger partial charge >= 0.3 is 0 Å². The summed E-state index contributed by atoms with van der Waals surface area (Å²) < 4.78 is 23.1. The molecule has 1 aliphatic rings. The Morgan fingerprint density at radius 1 is 1.07 bits per heavy atom. The Balaban J connectivity index is 1.72. The van der Waals surface area contributed by atoms with Crippen molar-refractivity contribution in [1.82, 2.24) is 5.32 Å². The first-order valence-corrected chi connectivity index (χ1v) is 12.4. The molecular formula is C22H36N2O3S. The minimum absolute atomic E-state index is 0.0238. The van der Waals surface area contributed by atoms with E-state index >= 15 is 0 Å². The molecule has 1 aromatic rings. The fourth-order valence-electron chi connectivity index (χ4n) is 3.98. The molecule has 158 valence electrons. The molecule has 0 spiro atoms. The molecule has 1 atom stereocenters. The molecule has 0 radical (unpaired) electrons. The van der Waals surface area contributed by atoms with Crippen LogP contribution in [0.25, 0.3) is 0 Å². The van der Waals surface area contributed by atoms with Gasteiger partial charge in [0.05, 0.1) is 10.9 Å². The Bertz CT molecular complexity index is 731. The first-order valence-electron chi connectivity index (χ1n) is 10.9. The molecule has 0 saturated carbocycles. The number of carbonyl (C=O) groups is 1. The summed E-state index contributed by atoms with van der Waals surface area (Å²) in [6, 6.07) is 4.98. The van der Waals surface area contributed by atoms with Crippen molar-refractivity contribution in [2.75, 3.05) is 0 Å². The molecule has 5 nitrogen and oxygen atoms in total. The number of amides is 1. The van der Waals surface area contributed by atoms with E-state index in [9.17, 15) is 13.2 Å². The third kappa shape index (κ3) is 7.55. The molecule has 28 heavy (non-hydrogen) atoms. The molecule has 0 aliphatic heterocycles. The van der Waals surface area contributed by atoms with Crippen LogP contribution in [0.2, 0.25) is 0 Å². The maximum atomic E-state index is 12.3. The number of primary sulfonamides is 1. The maximum Gasteiger partial charge on any atom is 0.238 e. The summed E-state index contributed by atoms with van der Waals surface area (Å²) in [5, 5.41) is 8.37. The van der Waals surface area contributed by atoms with Crippen LogP contribution < -0.4 is 10.5 Å². The van der Waals surface area contributed by atoms with Crippen molar-refractivity contribution in [3.05, 3.63) is 29.3 Å². The maximum absolute atomic E-state index is 12.3. The van der Waals surface area contributed by atoms with E-state index in [0.29, 0.717) is 6.42 Å². The highest BCUT2D eigenvalue weighted by atomic mass is 32.2. The van der Waals surface area contributed by atoms with Crippen LogP contribution in [-0.4, -0.2) is 14.3 Å². The zero-order valence-corrected chi connectivity index (χ0v) is 18.0. The summed E-state index contributed by atoms with van der Waals surface area (Å²) in [5.74, 6) is 0.0938. The smallest absolute Gasteiger partial charge is 0.238 e. The predicted molar refractivity (Wildman–Crippen MR) is 113 cm³/mol. The van der Waals surface area contributed by atoms with E-state index < -0.39 is 10.0 Å². The van der Waals surface area contributed by atoms with Gasteiger partial charge < -0.3 is 5.32 Å². The number of sulfonamides is 1. The van der Waals surface area contributed by atoms with Gasteiger partial charge in [-0.15, -0.1) is 0 Å². The fourth-order valence-corrected chi connectivity index (χ4v) is 4.54. The average Bonchev–Trinajstić information content (AvgIpc) is 2.66. The van der Waals surface area contributed by atoms with E-state index in [-0.39, 0.29) is 16.8 Å². The van der Waals surface area contributed by atoms with Crippen LogP contribution in [0.5, 0.6) is 0 Å². The Kier molecular flexibility index (Phi) is 9.45. The number of hydrogen-bond donors (Lipinski definition) is 2. The highest BCUT2D eigenvalue weighted by Gasteiger charge is 2.23. The Morgan fingerprint density at radius 2 is 1.71 bits per heavy atom. The van der Waals surface area contributed by atoms with Crippen LogP contribution in [-0.2, 0) is 21.2 Å². The minimum atomic E-state index is -3.69. The lowest BCUT2D eigenvalue weighted by molar-refractivity contribution is -0.122. The molecule has 0 aromatic heterocycles. The van der Waals surface area contributed by atoms with Gasteiger partial charge in [-0.2, -0.15) is 0 Å². The number of nitrogens with two attached hydrogens (primary N) is 1. The van der Waals surface area contributed by atoms with E-state index in [4.69, 9.17) is 5.14 Å². The first kappa shape index (κ1) is 22.9. The van der Waals surface area contributed by atoms with E-state index in [1.165, 1.54) is 44.9 Å². The summed E-state index contributed by atoms with van der Waals surface area (Å²) in [6.07, 6.45) is 14.4. The first-order chi connectivity index (χ1) is 13.4. The zero-order valence-electron chi connectivity index (χ0n) is 17.2. The molecule has 0 saturated heterocycles. The average molecular weight is 409 g/mol. The summed E-state index contributed by atoms with van der Waals surface area (Å²) in [6.45, 7) is 2.23. The lowest BCUT2D eigenvalue weighted by Crippen LogP contribution is -2.31. The summed E-state index contributed by atoms with van der Waals surface area (Å²) in [4.78, 5) is 12.5. The normalized spacial score (nSPS) is 16.6. The predicted octanol–water partition coefficient (Wildman–Crippen LogP) is 4.75. The van der Waals surface area contributed by atoms with Crippen LogP contribution in [0.1, 0.15) is 101 Å². The molecule has 0 fully saturated rings. The molecule has 1 aliphatic carbocycles. The minimum Gasteiger partial charge on any atom is -0.349 e. The number of unbranched alkanes of at least 4 members (excludes halogenated alkanes) is 8. The summed E-state index contributed by atoms with van der Waals surface area (Å²) in [5.41, 5.74) is 2.00. The van der Waals surface area contributed by atoms with Crippen LogP contribution in [0.4, 0.5) is 0 Å². The fraction of sp³-hybridized carbons (Fsp3) is 0.682. The molecule has 0 heterocycles. The monoisotopic (exact) mass is 408 g/mol. The van der Waals surface area contributed by atoms with Gasteiger partial charge in [-0.25, -0.2) is 13.6 Å². The standard InChI is InChI=1S/C22H36N2O3S/c1-2-3-4-5-6-7-8-9-10-14-22(25)24-21-13-11-12-18-17-19(28(23,26)27)15-16-20(18)21/h15-17,21H,2-14H2,1H3,(H,24,25)(H2,23,26,27). The molecule has 1 aromatic carbocycles. The van der Waals surface area contributed by atoms with Crippen molar-refractivity contribution in [2.24, 2.45) is 5.14 Å². The SMILES string of the molecule is CCCCCCCCCCCC(=O)NC1CCCc2cc(S(N)(=O)=O)ccc21. The van der Waals surface area contributed by atoms with Gasteiger partial charge in [-0.1, -0.05) is 64.4 Å². The second-order valence-electron chi connectivity index (χ2n) is 8.00. The van der Waals surface area contributed by atoms with Crippen molar-refractivity contribution < 1.29 is 13.2 Å². The number of carbonyl (C=O) groups excluding carboxylic acids is 1. The van der Waals surface area contributed by atoms with E-state index in [2.05, 4.69) is 12.2 Å². The quantitative estimate of drug-likeness (QED) is 0.489. The van der Waals surface area contributed by atoms with Gasteiger partial charge in [0, 0.05) is 6.42 Å². The third-order valence-corrected chi connectivity index (χ3v) is 6.51. The van der Waals surface area contributed by atoms with Crippen molar-refractivity contribution in [3.8, 4) is 0 Å². The molecule has 2 rings (SSSR count). The molecule has 1 amide bonds. The van der Waals surface area contributed by atoms with Crippen molar-refractivity contribution in [3.63, 3.8) is 0 Å². The molecule has 3 N–H and O–H groups in total. The number of nitrogens with one attached hydrogen (secondary N) is 1. The van der Waals surface area contributed by atoms with Gasteiger partial charge in [-0.3, -0.25) is 4.79 Å². The van der Waals surface area contributed by atoms with Crippen LogP contribution in [0.3, 0.4) is 0 Å². The van der Waals surface area contributed by atoms with Gasteiger partial charge in [0.2, 0.25) is 15.9 Å². The van der Waals surface area contributed by atoms with Crippen LogP contribution in [0, 0.1) is 0 Å². The number of benzene rings is 1. The largest absolute Gasteiger partial charge is 0.349 e.